The van der Waals surface area contributed by atoms with Crippen molar-refractivity contribution >= 4 is 12.4 Å². The molecule has 0 rings (SSSR count). The number of hydrogen-bond acceptors (Lipinski definition) is 2. The molecule has 2 nitrogen and oxygen atoms in total. The molecule has 0 aliphatic rings. The van der Waals surface area contributed by atoms with Gasteiger partial charge in [0.15, 0.2) is 0 Å². The van der Waals surface area contributed by atoms with E-state index in [1.807, 2.05) is 26.8 Å². The Hall–Kier alpha value is -0.920. The molecule has 0 aliphatic heterocycles. The van der Waals surface area contributed by atoms with Crippen molar-refractivity contribution < 1.29 is 0 Å². The molecule has 10 heavy (non-hydrogen) atoms. The van der Waals surface area contributed by atoms with Crippen LogP contribution in [0.25, 0.3) is 0 Å². The van der Waals surface area contributed by atoms with E-state index in [1.165, 1.54) is 6.21 Å². The molecule has 0 unspecified atom stereocenters. The predicted molar refractivity (Wildman–Crippen MR) is 45.9 cm³/mol. The van der Waals surface area contributed by atoms with Crippen LogP contribution in [0.15, 0.2) is 17.3 Å². The third-order valence-electron chi connectivity index (χ3n) is 1.11. The first kappa shape index (κ1) is 9.08. The second-order valence-electron chi connectivity index (χ2n) is 2.69. The average molecular weight is 138 g/mol. The third-order valence-corrected chi connectivity index (χ3v) is 1.11. The van der Waals surface area contributed by atoms with E-state index < -0.39 is 0 Å². The molecule has 0 spiro atoms. The summed E-state index contributed by atoms with van der Waals surface area (Å²) in [7, 11) is 0. The third kappa shape index (κ3) is 4.01. The summed E-state index contributed by atoms with van der Waals surface area (Å²) < 4.78 is 0. The lowest BCUT2D eigenvalue weighted by Gasteiger charge is -2.10. The van der Waals surface area contributed by atoms with Crippen LogP contribution in [0.5, 0.6) is 0 Å². The van der Waals surface area contributed by atoms with Gasteiger partial charge in [-0.2, -0.15) is 0 Å². The zero-order chi connectivity index (χ0) is 8.04. The lowest BCUT2D eigenvalue weighted by Crippen LogP contribution is -2.07. The van der Waals surface area contributed by atoms with E-state index in [2.05, 4.69) is 4.99 Å². The molecular formula is C8H14N2. The Morgan fingerprint density at radius 1 is 1.40 bits per heavy atom. The van der Waals surface area contributed by atoms with Crippen molar-refractivity contribution in [1.82, 2.24) is 0 Å². The molecular weight excluding hydrogens is 124 g/mol. The van der Waals surface area contributed by atoms with E-state index >= 15 is 0 Å². The Kier molecular flexibility index (Phi) is 3.62. The second-order valence-corrected chi connectivity index (χ2v) is 2.69. The van der Waals surface area contributed by atoms with Gasteiger partial charge in [-0.05, 0) is 6.92 Å². The number of allylic oxidation sites excluding steroid dienone is 1. The smallest absolute Gasteiger partial charge is 0.0232 e. The molecule has 0 atom stereocenters. The van der Waals surface area contributed by atoms with Crippen LogP contribution in [0, 0.1) is 10.8 Å². The summed E-state index contributed by atoms with van der Waals surface area (Å²) in [6.45, 7) is 5.78. The molecule has 0 amide bonds. The number of nitrogens with zero attached hydrogens (tertiary/aromatic N) is 1. The molecule has 1 N–H and O–H groups in total. The monoisotopic (exact) mass is 138 g/mol. The van der Waals surface area contributed by atoms with Gasteiger partial charge in [-0.1, -0.05) is 19.9 Å². The van der Waals surface area contributed by atoms with Crippen LogP contribution >= 0.6 is 0 Å². The van der Waals surface area contributed by atoms with E-state index in [9.17, 15) is 0 Å². The van der Waals surface area contributed by atoms with Crippen molar-refractivity contribution in [3.63, 3.8) is 0 Å². The highest BCUT2D eigenvalue weighted by atomic mass is 14.7. The SMILES string of the molecule is CC=N/C=C\C(C)(C)C=N. The number of rotatable bonds is 3. The van der Waals surface area contributed by atoms with Crippen molar-refractivity contribution in [2.75, 3.05) is 0 Å². The molecule has 0 aromatic heterocycles. The van der Waals surface area contributed by atoms with Crippen LogP contribution in [-0.4, -0.2) is 12.4 Å². The highest BCUT2D eigenvalue weighted by molar-refractivity contribution is 5.64. The fraction of sp³-hybridized carbons (Fsp3) is 0.500. The van der Waals surface area contributed by atoms with Gasteiger partial charge in [0, 0.05) is 24.0 Å². The molecule has 2 heteroatoms. The summed E-state index contributed by atoms with van der Waals surface area (Å²) in [6.07, 6.45) is 6.72. The van der Waals surface area contributed by atoms with Crippen molar-refractivity contribution in [3.8, 4) is 0 Å². The first-order chi connectivity index (χ1) is 4.62. The van der Waals surface area contributed by atoms with Crippen molar-refractivity contribution in [2.45, 2.75) is 20.8 Å². The van der Waals surface area contributed by atoms with Crippen LogP contribution < -0.4 is 0 Å². The zero-order valence-corrected chi connectivity index (χ0v) is 6.76. The minimum atomic E-state index is -0.160. The number of nitrogens with one attached hydrogen (secondary N) is 1. The molecule has 0 bridgehead atoms. The largest absolute Gasteiger partial charge is 0.312 e. The number of aliphatic imine (C=N–C) groups is 1. The van der Waals surface area contributed by atoms with E-state index in [0.29, 0.717) is 0 Å². The highest BCUT2D eigenvalue weighted by Crippen LogP contribution is 2.12. The number of hydrogen-bond donors (Lipinski definition) is 1. The van der Waals surface area contributed by atoms with Gasteiger partial charge in [0.05, 0.1) is 0 Å². The highest BCUT2D eigenvalue weighted by Gasteiger charge is 2.07. The van der Waals surface area contributed by atoms with Crippen molar-refractivity contribution in [1.29, 1.82) is 5.41 Å². The Morgan fingerprint density at radius 2 is 2.00 bits per heavy atom. The standard InChI is InChI=1S/C8H14N2/c1-4-10-6-5-8(2,3)7-9/h4-7,9H,1-3H3/b6-5-,9-7?,10-4?. The molecule has 0 heterocycles. The van der Waals surface area contributed by atoms with E-state index in [1.54, 1.807) is 12.4 Å². The van der Waals surface area contributed by atoms with Crippen LogP contribution in [0.4, 0.5) is 0 Å². The summed E-state index contributed by atoms with van der Waals surface area (Å²) in [4.78, 5) is 3.90. The second kappa shape index (κ2) is 3.99. The molecule has 0 aromatic rings. The molecule has 0 aromatic carbocycles. The van der Waals surface area contributed by atoms with Gasteiger partial charge in [-0.3, -0.25) is 4.99 Å². The minimum Gasteiger partial charge on any atom is -0.312 e. The lowest BCUT2D eigenvalue weighted by molar-refractivity contribution is 0.688. The van der Waals surface area contributed by atoms with Gasteiger partial charge in [-0.25, -0.2) is 0 Å². The summed E-state index contributed by atoms with van der Waals surface area (Å²) >= 11 is 0. The zero-order valence-electron chi connectivity index (χ0n) is 6.76. The Bertz CT molecular complexity index is 155. The van der Waals surface area contributed by atoms with E-state index in [4.69, 9.17) is 5.41 Å². The van der Waals surface area contributed by atoms with Gasteiger partial charge in [0.25, 0.3) is 0 Å². The maximum Gasteiger partial charge on any atom is 0.0232 e. The van der Waals surface area contributed by atoms with Gasteiger partial charge in [0.2, 0.25) is 0 Å². The van der Waals surface area contributed by atoms with Crippen LogP contribution in [0.2, 0.25) is 0 Å². The van der Waals surface area contributed by atoms with Crippen LogP contribution in [0.1, 0.15) is 20.8 Å². The van der Waals surface area contributed by atoms with Crippen molar-refractivity contribution in [2.24, 2.45) is 10.4 Å². The molecule has 56 valence electrons. The predicted octanol–water partition coefficient (Wildman–Crippen LogP) is 2.27. The molecule has 0 radical (unpaired) electrons. The van der Waals surface area contributed by atoms with Crippen molar-refractivity contribution in [3.05, 3.63) is 12.3 Å². The van der Waals surface area contributed by atoms with E-state index in [0.717, 1.165) is 0 Å². The Balaban J connectivity index is 3.98. The van der Waals surface area contributed by atoms with Gasteiger partial charge < -0.3 is 5.41 Å². The summed E-state index contributed by atoms with van der Waals surface area (Å²) in [5, 5.41) is 7.01. The topological polar surface area (TPSA) is 36.2 Å². The summed E-state index contributed by atoms with van der Waals surface area (Å²) in [6, 6.07) is 0. The Morgan fingerprint density at radius 3 is 2.40 bits per heavy atom. The quantitative estimate of drug-likeness (QED) is 0.581. The molecule has 0 saturated heterocycles. The Labute approximate surface area is 62.2 Å². The van der Waals surface area contributed by atoms with Crippen LogP contribution in [-0.2, 0) is 0 Å². The summed E-state index contributed by atoms with van der Waals surface area (Å²) in [5.74, 6) is 0. The lowest BCUT2D eigenvalue weighted by atomic mass is 9.96. The minimum absolute atomic E-state index is 0.160. The average Bonchev–Trinajstić information content (AvgIpc) is 1.89. The maximum atomic E-state index is 7.01. The fourth-order valence-electron chi connectivity index (χ4n) is 0.369. The molecule has 0 fully saturated rings. The molecule has 0 aliphatic carbocycles. The molecule has 0 saturated carbocycles. The van der Waals surface area contributed by atoms with Gasteiger partial charge >= 0.3 is 0 Å². The normalized spacial score (nSPS) is 13.1. The summed E-state index contributed by atoms with van der Waals surface area (Å²) in [5.41, 5.74) is -0.160. The van der Waals surface area contributed by atoms with Gasteiger partial charge in [-0.15, -0.1) is 0 Å². The maximum absolute atomic E-state index is 7.01. The fourth-order valence-corrected chi connectivity index (χ4v) is 0.369. The first-order valence-corrected chi connectivity index (χ1v) is 3.29. The van der Waals surface area contributed by atoms with Crippen LogP contribution in [0.3, 0.4) is 0 Å². The van der Waals surface area contributed by atoms with E-state index in [-0.39, 0.29) is 5.41 Å². The van der Waals surface area contributed by atoms with Gasteiger partial charge in [0.1, 0.15) is 0 Å². The first-order valence-electron chi connectivity index (χ1n) is 3.29.